The first-order valence-corrected chi connectivity index (χ1v) is 13.6. The molecular weight excluding hydrogens is 460 g/mol. The number of aromatic nitrogens is 2. The van der Waals surface area contributed by atoms with Gasteiger partial charge in [-0.2, -0.15) is 0 Å². The quantitative estimate of drug-likeness (QED) is 0.209. The molecule has 0 aliphatic carbocycles. The molecule has 1 aromatic carbocycles. The van der Waals surface area contributed by atoms with Gasteiger partial charge in [-0.1, -0.05) is 46.1 Å². The zero-order valence-corrected chi connectivity index (χ0v) is 22.7. The zero-order valence-electron chi connectivity index (χ0n) is 22.7. The van der Waals surface area contributed by atoms with Crippen LogP contribution in [0.3, 0.4) is 0 Å². The fraction of sp³-hybridized carbons (Fsp3) is 0.375. The van der Waals surface area contributed by atoms with Crippen molar-refractivity contribution in [3.05, 3.63) is 75.3 Å². The van der Waals surface area contributed by atoms with Crippen LogP contribution in [0, 0.1) is 20.8 Å². The number of furan rings is 2. The van der Waals surface area contributed by atoms with Crippen LogP contribution in [0.4, 0.5) is 0 Å². The van der Waals surface area contributed by atoms with Crippen LogP contribution in [0.15, 0.2) is 45.2 Å². The summed E-state index contributed by atoms with van der Waals surface area (Å²) in [4.78, 5) is 7.14. The third-order valence-corrected chi connectivity index (χ3v) is 7.14. The maximum absolute atomic E-state index is 6.56. The summed E-state index contributed by atoms with van der Waals surface area (Å²) in [7, 11) is 0. The topological polar surface area (TPSA) is 67.1 Å². The molecule has 4 aromatic heterocycles. The number of aryl methyl sites for hydroxylation is 3. The predicted octanol–water partition coefficient (Wildman–Crippen LogP) is 7.55. The minimum Gasteiger partial charge on any atom is -0.490 e. The Morgan fingerprint density at radius 3 is 2.11 bits per heavy atom. The van der Waals surface area contributed by atoms with Gasteiger partial charge in [0.25, 0.3) is 0 Å². The Kier molecular flexibility index (Phi) is 7.05. The first-order chi connectivity index (χ1) is 17.9. The van der Waals surface area contributed by atoms with Crippen molar-refractivity contribution < 1.29 is 13.6 Å². The fourth-order valence-corrected chi connectivity index (χ4v) is 5.41. The number of hydrogen-bond donors (Lipinski definition) is 2. The van der Waals surface area contributed by atoms with E-state index in [4.69, 9.17) is 13.6 Å². The van der Waals surface area contributed by atoms with Gasteiger partial charge in [-0.05, 0) is 62.4 Å². The molecule has 0 unspecified atom stereocenters. The largest absolute Gasteiger partial charge is 0.490 e. The molecule has 0 amide bonds. The van der Waals surface area contributed by atoms with Gasteiger partial charge in [-0.3, -0.25) is 0 Å². The molecule has 5 rings (SSSR count). The van der Waals surface area contributed by atoms with Crippen LogP contribution >= 0.6 is 0 Å². The molecule has 2 N–H and O–H groups in total. The number of unbranched alkanes of at least 4 members (excludes halogenated alkanes) is 2. The summed E-state index contributed by atoms with van der Waals surface area (Å²) in [6.07, 6.45) is 7.23. The average Bonchev–Trinajstić information content (AvgIpc) is 3.57. The summed E-state index contributed by atoms with van der Waals surface area (Å²) in [5.41, 5.74) is 9.81. The summed E-state index contributed by atoms with van der Waals surface area (Å²) in [5.74, 6) is 1.84. The monoisotopic (exact) mass is 498 g/mol. The lowest BCUT2D eigenvalue weighted by Crippen LogP contribution is -2.17. The summed E-state index contributed by atoms with van der Waals surface area (Å²) in [5, 5.41) is 0.984. The molecule has 0 saturated carbocycles. The van der Waals surface area contributed by atoms with Crippen LogP contribution in [0.5, 0.6) is 5.75 Å². The Bertz CT molecular complexity index is 1540. The van der Waals surface area contributed by atoms with Crippen molar-refractivity contribution in [3.63, 3.8) is 0 Å². The number of aromatic amines is 2. The maximum Gasteiger partial charge on any atom is 0.153 e. The van der Waals surface area contributed by atoms with Crippen LogP contribution in [-0.2, 0) is 0 Å². The van der Waals surface area contributed by atoms with E-state index in [1.54, 1.807) is 0 Å². The molecule has 37 heavy (non-hydrogen) atoms. The van der Waals surface area contributed by atoms with Crippen molar-refractivity contribution in [1.29, 1.82) is 0 Å². The Labute approximate surface area is 218 Å². The van der Waals surface area contributed by atoms with E-state index in [0.717, 1.165) is 63.2 Å². The number of nitrogens with one attached hydrogen (secondary N) is 2. The second-order valence-corrected chi connectivity index (χ2v) is 10.3. The smallest absolute Gasteiger partial charge is 0.153 e. The summed E-state index contributed by atoms with van der Waals surface area (Å²) < 4.78 is 18.3. The molecule has 194 valence electrons. The van der Waals surface area contributed by atoms with Crippen LogP contribution in [0.1, 0.15) is 80.5 Å². The maximum atomic E-state index is 6.56. The zero-order chi connectivity index (χ0) is 26.1. The van der Waals surface area contributed by atoms with E-state index in [-0.39, 0.29) is 6.10 Å². The third kappa shape index (κ3) is 5.13. The molecule has 0 spiro atoms. The van der Waals surface area contributed by atoms with Crippen molar-refractivity contribution in [2.45, 2.75) is 79.2 Å². The highest BCUT2D eigenvalue weighted by Crippen LogP contribution is 2.33. The highest BCUT2D eigenvalue weighted by molar-refractivity contribution is 5.89. The van der Waals surface area contributed by atoms with Crippen LogP contribution in [0.2, 0.25) is 0 Å². The van der Waals surface area contributed by atoms with Gasteiger partial charge in [0.2, 0.25) is 0 Å². The average molecular weight is 499 g/mol. The Hall–Kier alpha value is -3.60. The van der Waals surface area contributed by atoms with Crippen molar-refractivity contribution in [1.82, 2.24) is 9.97 Å². The van der Waals surface area contributed by atoms with E-state index in [1.165, 1.54) is 42.4 Å². The number of rotatable bonds is 10. The highest BCUT2D eigenvalue weighted by atomic mass is 16.5. The van der Waals surface area contributed by atoms with Gasteiger partial charge in [0, 0.05) is 29.8 Å². The normalized spacial score (nSPS) is 12.8. The van der Waals surface area contributed by atoms with Crippen molar-refractivity contribution in [2.24, 2.45) is 0 Å². The summed E-state index contributed by atoms with van der Waals surface area (Å²) in [6.45, 7) is 14.7. The summed E-state index contributed by atoms with van der Waals surface area (Å²) in [6, 6.07) is 12.5. The molecule has 0 bridgehead atoms. The molecule has 0 radical (unpaired) electrons. The minimum absolute atomic E-state index is 0.263. The van der Waals surface area contributed by atoms with Crippen LogP contribution in [-0.4, -0.2) is 16.1 Å². The second kappa shape index (κ2) is 10.4. The molecule has 5 nitrogen and oxygen atoms in total. The molecule has 5 heteroatoms. The number of benzene rings is 1. The molecule has 4 heterocycles. The van der Waals surface area contributed by atoms with E-state index in [9.17, 15) is 0 Å². The minimum atomic E-state index is 0.263. The lowest BCUT2D eigenvalue weighted by molar-refractivity contribution is 0.174. The van der Waals surface area contributed by atoms with Gasteiger partial charge in [-0.25, -0.2) is 0 Å². The van der Waals surface area contributed by atoms with Gasteiger partial charge in [0.1, 0.15) is 16.9 Å². The molecule has 5 aromatic rings. The van der Waals surface area contributed by atoms with E-state index < -0.39 is 0 Å². The first kappa shape index (κ1) is 25.1. The van der Waals surface area contributed by atoms with Crippen molar-refractivity contribution in [2.75, 3.05) is 0 Å². The molecule has 0 aliphatic heterocycles. The van der Waals surface area contributed by atoms with E-state index in [2.05, 4.69) is 68.5 Å². The standard InChI is InChI=1S/C32H38N2O3/c1-7-9-11-23(12-10-8-2)37-24-13-19(3)31(20(4)14-24)32(27-17-29-25(33-27)15-21(5)35-29)28-18-30-26(34-28)16-22(6)36-30/h13-18,23,33-34H,5,7-12H2,1-4,6H3. The molecule has 0 aliphatic rings. The number of ether oxygens (including phenoxy) is 1. The van der Waals surface area contributed by atoms with Crippen LogP contribution in [0.25, 0.3) is 34.4 Å². The van der Waals surface area contributed by atoms with Gasteiger partial charge < -0.3 is 23.5 Å². The van der Waals surface area contributed by atoms with E-state index >= 15 is 0 Å². The number of fused-ring (bicyclic) bond motifs is 2. The molecular formula is C32H38N2O3. The number of H-pyrrole nitrogens is 2. The van der Waals surface area contributed by atoms with Gasteiger partial charge in [0.15, 0.2) is 11.2 Å². The van der Waals surface area contributed by atoms with Gasteiger partial charge in [-0.15, -0.1) is 0 Å². The van der Waals surface area contributed by atoms with Gasteiger partial charge >= 0.3 is 0 Å². The van der Waals surface area contributed by atoms with E-state index in [1.807, 2.05) is 19.1 Å². The highest BCUT2D eigenvalue weighted by Gasteiger charge is 2.19. The van der Waals surface area contributed by atoms with Crippen molar-refractivity contribution in [3.8, 4) is 5.75 Å². The lowest BCUT2D eigenvalue weighted by atomic mass is 9.93. The SMILES string of the molecule is C=c1cc2[nH]c(=C(c3cc4oc(C)cc4[nH]3)c3c(C)cc(OC(CCCC)CCCC)cc3C)cc2o1. The fourth-order valence-electron chi connectivity index (χ4n) is 5.41. The second-order valence-electron chi connectivity index (χ2n) is 10.3. The lowest BCUT2D eigenvalue weighted by Gasteiger charge is -2.21. The molecule has 0 atom stereocenters. The Morgan fingerprint density at radius 1 is 0.838 bits per heavy atom. The van der Waals surface area contributed by atoms with Gasteiger partial charge in [0.05, 0.1) is 28.2 Å². The third-order valence-electron chi connectivity index (χ3n) is 7.14. The molecule has 0 saturated heterocycles. The Morgan fingerprint density at radius 2 is 1.49 bits per heavy atom. The summed E-state index contributed by atoms with van der Waals surface area (Å²) >= 11 is 0. The van der Waals surface area contributed by atoms with Crippen molar-refractivity contribution >= 4 is 34.4 Å². The van der Waals surface area contributed by atoms with Crippen LogP contribution < -0.4 is 15.5 Å². The van der Waals surface area contributed by atoms with E-state index in [0.29, 0.717) is 5.42 Å². The molecule has 0 fully saturated rings. The first-order valence-electron chi connectivity index (χ1n) is 13.6. The Balaban J connectivity index is 1.62. The number of hydrogen-bond acceptors (Lipinski definition) is 3. The predicted molar refractivity (Wildman–Crippen MR) is 152 cm³/mol.